The van der Waals surface area contributed by atoms with Crippen molar-refractivity contribution in [3.63, 3.8) is 0 Å². The first-order chi connectivity index (χ1) is 16.7. The Balaban J connectivity index is 2.14. The number of nitrogens with zero attached hydrogens (tertiary/aromatic N) is 3. The first-order valence-electron chi connectivity index (χ1n) is 11.1. The molecule has 0 aliphatic heterocycles. The molecule has 10 heteroatoms. The van der Waals surface area contributed by atoms with Gasteiger partial charge in [0.15, 0.2) is 0 Å². The van der Waals surface area contributed by atoms with Gasteiger partial charge in [-0.3, -0.25) is 14.2 Å². The van der Waals surface area contributed by atoms with E-state index in [1.165, 1.54) is 17.0 Å². The molecule has 0 aliphatic carbocycles. The molecule has 0 radical (unpaired) electrons. The summed E-state index contributed by atoms with van der Waals surface area (Å²) in [5.41, 5.74) is -1.78. The van der Waals surface area contributed by atoms with Gasteiger partial charge in [0.25, 0.3) is 11.5 Å². The zero-order valence-electron chi connectivity index (χ0n) is 19.3. The molecule has 3 aromatic rings. The number of carbonyl (C=O) groups is 1. The number of hydrogen-bond donors (Lipinski definition) is 1. The van der Waals surface area contributed by atoms with Gasteiger partial charge in [-0.2, -0.15) is 13.2 Å². The van der Waals surface area contributed by atoms with Gasteiger partial charge in [-0.05, 0) is 43.3 Å². The lowest BCUT2D eigenvalue weighted by Crippen LogP contribution is -2.42. The molecule has 0 bridgehead atoms. The third-order valence-electron chi connectivity index (χ3n) is 5.58. The number of nitrogens with one attached hydrogen (secondary N) is 1. The second kappa shape index (κ2) is 11.3. The minimum absolute atomic E-state index is 0.0425. The lowest BCUT2D eigenvalue weighted by Gasteiger charge is -2.32. The Bertz CT molecular complexity index is 1190. The topological polar surface area (TPSA) is 67.2 Å². The van der Waals surface area contributed by atoms with Gasteiger partial charge >= 0.3 is 6.18 Å². The van der Waals surface area contributed by atoms with Crippen LogP contribution in [-0.4, -0.2) is 40.5 Å². The van der Waals surface area contributed by atoms with Crippen molar-refractivity contribution >= 4 is 5.91 Å². The van der Waals surface area contributed by atoms with E-state index in [0.29, 0.717) is 18.3 Å². The summed E-state index contributed by atoms with van der Waals surface area (Å²) in [6.45, 7) is 2.18. The number of amides is 1. The Hall–Kier alpha value is -3.53. The first-order valence-corrected chi connectivity index (χ1v) is 11.1. The Kier molecular flexibility index (Phi) is 8.39. The zero-order chi connectivity index (χ0) is 25.6. The predicted octanol–water partition coefficient (Wildman–Crippen LogP) is 4.26. The number of carbonyl (C=O) groups excluding carboxylic acids is 1. The second-order valence-corrected chi connectivity index (χ2v) is 7.94. The van der Waals surface area contributed by atoms with E-state index in [9.17, 15) is 27.2 Å². The second-order valence-electron chi connectivity index (χ2n) is 7.94. The standard InChI is InChI=1S/C25H26F4N4O2/c1-3-21(32(14-13-30-2)23(34)18-9-11-19(26)12-10-18)22-31-15-20(25(27,28)29)24(35)33(22)16-17-7-5-4-6-8-17/h4-12,15,21,30H,3,13-14,16H2,1-2H3. The molecular weight excluding hydrogens is 464 g/mol. The van der Waals surface area contributed by atoms with Crippen LogP contribution in [0.15, 0.2) is 65.6 Å². The number of alkyl halides is 3. The SMILES string of the molecule is CCC(c1ncc(C(F)(F)F)c(=O)n1Cc1ccccc1)N(CCNC)C(=O)c1ccc(F)cc1. The van der Waals surface area contributed by atoms with Gasteiger partial charge in [0.05, 0.1) is 12.6 Å². The maximum absolute atomic E-state index is 13.5. The molecule has 2 aromatic carbocycles. The Labute approximate surface area is 200 Å². The van der Waals surface area contributed by atoms with Crippen LogP contribution in [0.2, 0.25) is 0 Å². The summed E-state index contributed by atoms with van der Waals surface area (Å²) in [5, 5.41) is 2.95. The number of hydrogen-bond acceptors (Lipinski definition) is 4. The normalized spacial score (nSPS) is 12.4. The van der Waals surface area contributed by atoms with Crippen LogP contribution >= 0.6 is 0 Å². The highest BCUT2D eigenvalue weighted by atomic mass is 19.4. The smallest absolute Gasteiger partial charge is 0.327 e. The van der Waals surface area contributed by atoms with E-state index < -0.39 is 35.1 Å². The van der Waals surface area contributed by atoms with Gasteiger partial charge in [0.1, 0.15) is 17.2 Å². The number of benzene rings is 2. The fourth-order valence-electron chi connectivity index (χ4n) is 3.82. The average Bonchev–Trinajstić information content (AvgIpc) is 2.83. The van der Waals surface area contributed by atoms with E-state index in [4.69, 9.17) is 0 Å². The van der Waals surface area contributed by atoms with E-state index in [1.54, 1.807) is 44.3 Å². The number of halogens is 4. The van der Waals surface area contributed by atoms with Crippen molar-refractivity contribution < 1.29 is 22.4 Å². The van der Waals surface area contributed by atoms with Crippen LogP contribution in [-0.2, 0) is 12.7 Å². The summed E-state index contributed by atoms with van der Waals surface area (Å²) in [6.07, 6.45) is -4.07. The molecule has 0 aliphatic rings. The molecule has 1 aromatic heterocycles. The van der Waals surface area contributed by atoms with E-state index in [1.807, 2.05) is 0 Å². The molecular formula is C25H26F4N4O2. The monoisotopic (exact) mass is 490 g/mol. The lowest BCUT2D eigenvalue weighted by atomic mass is 10.1. The van der Waals surface area contributed by atoms with E-state index >= 15 is 0 Å². The summed E-state index contributed by atoms with van der Waals surface area (Å²) in [5.74, 6) is -0.912. The summed E-state index contributed by atoms with van der Waals surface area (Å²) >= 11 is 0. The molecule has 0 saturated heterocycles. The molecule has 0 fully saturated rings. The molecule has 6 nitrogen and oxygen atoms in total. The summed E-state index contributed by atoms with van der Waals surface area (Å²) in [7, 11) is 1.70. The van der Waals surface area contributed by atoms with Gasteiger partial charge in [0, 0.05) is 24.8 Å². The van der Waals surface area contributed by atoms with Gasteiger partial charge in [-0.15, -0.1) is 0 Å². The minimum atomic E-state index is -4.88. The number of aromatic nitrogens is 2. The van der Waals surface area contributed by atoms with Crippen molar-refractivity contribution in [1.29, 1.82) is 0 Å². The molecule has 0 spiro atoms. The average molecular weight is 491 g/mol. The molecule has 1 atom stereocenters. The maximum Gasteiger partial charge on any atom is 0.423 e. The first kappa shape index (κ1) is 26.1. The molecule has 1 N–H and O–H groups in total. The summed E-state index contributed by atoms with van der Waals surface area (Å²) in [6, 6.07) is 12.8. The molecule has 3 rings (SSSR count). The van der Waals surface area contributed by atoms with Crippen LogP contribution in [0.5, 0.6) is 0 Å². The van der Waals surface area contributed by atoms with Crippen molar-refractivity contribution in [1.82, 2.24) is 19.8 Å². The van der Waals surface area contributed by atoms with Crippen LogP contribution in [0.3, 0.4) is 0 Å². The third-order valence-corrected chi connectivity index (χ3v) is 5.58. The van der Waals surface area contributed by atoms with Crippen LogP contribution in [0.25, 0.3) is 0 Å². The largest absolute Gasteiger partial charge is 0.423 e. The molecule has 186 valence electrons. The molecule has 1 unspecified atom stereocenters. The summed E-state index contributed by atoms with van der Waals surface area (Å²) in [4.78, 5) is 31.9. The number of likely N-dealkylation sites (N-methyl/N-ethyl adjacent to an activating group) is 1. The minimum Gasteiger partial charge on any atom is -0.327 e. The summed E-state index contributed by atoms with van der Waals surface area (Å²) < 4.78 is 55.0. The van der Waals surface area contributed by atoms with Crippen molar-refractivity contribution in [3.05, 3.63) is 99.5 Å². The van der Waals surface area contributed by atoms with Crippen molar-refractivity contribution in [2.45, 2.75) is 32.1 Å². The third kappa shape index (κ3) is 6.13. The fraction of sp³-hybridized carbons (Fsp3) is 0.320. The fourth-order valence-corrected chi connectivity index (χ4v) is 3.82. The van der Waals surface area contributed by atoms with Crippen molar-refractivity contribution in [2.24, 2.45) is 0 Å². The van der Waals surface area contributed by atoms with Gasteiger partial charge < -0.3 is 10.2 Å². The molecule has 1 amide bonds. The molecule has 35 heavy (non-hydrogen) atoms. The Morgan fingerprint density at radius 2 is 1.77 bits per heavy atom. The predicted molar refractivity (Wildman–Crippen MR) is 123 cm³/mol. The van der Waals surface area contributed by atoms with E-state index in [0.717, 1.165) is 16.7 Å². The molecule has 0 saturated carbocycles. The quantitative estimate of drug-likeness (QED) is 0.455. The van der Waals surface area contributed by atoms with Crippen molar-refractivity contribution in [2.75, 3.05) is 20.1 Å². The van der Waals surface area contributed by atoms with E-state index in [-0.39, 0.29) is 30.9 Å². The van der Waals surface area contributed by atoms with E-state index in [2.05, 4.69) is 10.3 Å². The van der Waals surface area contributed by atoms with Crippen LogP contribution in [0.4, 0.5) is 17.6 Å². The van der Waals surface area contributed by atoms with Gasteiger partial charge in [-0.1, -0.05) is 37.3 Å². The van der Waals surface area contributed by atoms with Gasteiger partial charge in [-0.25, -0.2) is 9.37 Å². The maximum atomic E-state index is 13.5. The van der Waals surface area contributed by atoms with Crippen LogP contribution in [0.1, 0.15) is 46.7 Å². The van der Waals surface area contributed by atoms with Gasteiger partial charge in [0.2, 0.25) is 0 Å². The molecule has 1 heterocycles. The highest BCUT2D eigenvalue weighted by Crippen LogP contribution is 2.29. The highest BCUT2D eigenvalue weighted by Gasteiger charge is 2.37. The Morgan fingerprint density at radius 3 is 2.34 bits per heavy atom. The van der Waals surface area contributed by atoms with Crippen LogP contribution < -0.4 is 10.9 Å². The van der Waals surface area contributed by atoms with Crippen molar-refractivity contribution in [3.8, 4) is 0 Å². The lowest BCUT2D eigenvalue weighted by molar-refractivity contribution is -0.139. The zero-order valence-corrected chi connectivity index (χ0v) is 19.3. The van der Waals surface area contributed by atoms with Crippen LogP contribution in [0, 0.1) is 5.82 Å². The number of rotatable bonds is 9. The highest BCUT2D eigenvalue weighted by molar-refractivity contribution is 5.94. The Morgan fingerprint density at radius 1 is 1.11 bits per heavy atom.